The minimum atomic E-state index is -0.416. The lowest BCUT2D eigenvalue weighted by Crippen LogP contribution is -2.18. The molecule has 0 bridgehead atoms. The molecule has 0 atom stereocenters. The van der Waals surface area contributed by atoms with Crippen LogP contribution in [-0.4, -0.2) is 24.1 Å². The number of hydrogen-bond donors (Lipinski definition) is 0. The molecule has 0 aromatic heterocycles. The smallest absolute Gasteiger partial charge is 0.339 e. The molecule has 0 spiro atoms. The molecule has 0 unspecified atom stereocenters. The summed E-state index contributed by atoms with van der Waals surface area (Å²) in [5, 5.41) is 0. The van der Waals surface area contributed by atoms with Crippen LogP contribution in [-0.2, 0) is 9.53 Å². The lowest BCUT2D eigenvalue weighted by Gasteiger charge is -2.11. The Bertz CT molecular complexity index is 387. The van der Waals surface area contributed by atoms with Crippen LogP contribution in [0.4, 0.5) is 0 Å². The lowest BCUT2D eigenvalue weighted by molar-refractivity contribution is -0.119. The van der Waals surface area contributed by atoms with Gasteiger partial charge in [0.25, 0.3) is 0 Å². The molecule has 3 nitrogen and oxygen atoms in total. The Hall–Kier alpha value is -1.29. The third kappa shape index (κ3) is 1.80. The predicted octanol–water partition coefficient (Wildman–Crippen LogP) is 1.52. The molecule has 1 aliphatic heterocycles. The zero-order valence-electron chi connectivity index (χ0n) is 7.36. The highest BCUT2D eigenvalue weighted by Gasteiger charge is 2.18. The number of benzene rings is 1. The number of thioether (sulfide) groups is 1. The lowest BCUT2D eigenvalue weighted by atomic mass is 10.2. The van der Waals surface area contributed by atoms with E-state index in [0.29, 0.717) is 11.3 Å². The van der Waals surface area contributed by atoms with Crippen molar-refractivity contribution in [3.63, 3.8) is 0 Å². The van der Waals surface area contributed by atoms with Crippen molar-refractivity contribution < 1.29 is 14.3 Å². The Morgan fingerprint density at radius 3 is 2.86 bits per heavy atom. The number of rotatable bonds is 0. The number of Topliss-reactive ketones (excluding diaryl/α,β-unsaturated/α-hetero) is 1. The molecule has 1 aliphatic rings. The van der Waals surface area contributed by atoms with Crippen LogP contribution in [0.5, 0.6) is 0 Å². The number of carbonyl (C=O) groups is 2. The van der Waals surface area contributed by atoms with Crippen LogP contribution in [0, 0.1) is 0 Å². The Morgan fingerprint density at radius 1 is 1.21 bits per heavy atom. The molecule has 0 aliphatic carbocycles. The first kappa shape index (κ1) is 9.27. The number of ether oxygens (including phenoxy) is 1. The van der Waals surface area contributed by atoms with Gasteiger partial charge in [-0.1, -0.05) is 12.1 Å². The van der Waals surface area contributed by atoms with Crippen LogP contribution in [0.2, 0.25) is 0 Å². The standard InChI is InChI=1S/C10H8O3S/c11-7-5-13-10(12)8-3-1-2-4-9(8)14-6-7/h1-4H,5-6H2. The van der Waals surface area contributed by atoms with Crippen molar-refractivity contribution in [1.82, 2.24) is 0 Å². The van der Waals surface area contributed by atoms with E-state index in [4.69, 9.17) is 4.74 Å². The van der Waals surface area contributed by atoms with Gasteiger partial charge in [-0.05, 0) is 12.1 Å². The SMILES string of the molecule is O=C1COC(=O)c2ccccc2SC1. The number of ketones is 1. The first-order valence-corrected chi connectivity index (χ1v) is 5.16. The molecule has 4 heteroatoms. The largest absolute Gasteiger partial charge is 0.454 e. The highest BCUT2D eigenvalue weighted by Crippen LogP contribution is 2.24. The van der Waals surface area contributed by atoms with Crippen molar-refractivity contribution in [2.45, 2.75) is 4.90 Å². The van der Waals surface area contributed by atoms with Gasteiger partial charge in [-0.25, -0.2) is 4.79 Å². The van der Waals surface area contributed by atoms with Crippen molar-refractivity contribution in [3.05, 3.63) is 29.8 Å². The van der Waals surface area contributed by atoms with Gasteiger partial charge in [0.1, 0.15) is 0 Å². The van der Waals surface area contributed by atoms with E-state index in [-0.39, 0.29) is 12.4 Å². The highest BCUT2D eigenvalue weighted by atomic mass is 32.2. The molecule has 2 rings (SSSR count). The summed E-state index contributed by atoms with van der Waals surface area (Å²) >= 11 is 1.38. The Labute approximate surface area is 85.4 Å². The summed E-state index contributed by atoms with van der Waals surface area (Å²) in [5.74, 6) is -0.108. The molecular formula is C10H8O3S. The van der Waals surface area contributed by atoms with Gasteiger partial charge in [0, 0.05) is 4.90 Å². The second kappa shape index (κ2) is 3.84. The summed E-state index contributed by atoms with van der Waals surface area (Å²) in [5.41, 5.74) is 0.546. The van der Waals surface area contributed by atoms with Crippen molar-refractivity contribution in [1.29, 1.82) is 0 Å². The first-order chi connectivity index (χ1) is 6.77. The number of hydrogen-bond acceptors (Lipinski definition) is 4. The summed E-state index contributed by atoms with van der Waals surface area (Å²) in [7, 11) is 0. The maximum absolute atomic E-state index is 11.4. The normalized spacial score (nSPS) is 16.6. The molecule has 1 aromatic rings. The molecular weight excluding hydrogens is 200 g/mol. The van der Waals surface area contributed by atoms with Gasteiger partial charge in [0.2, 0.25) is 0 Å². The van der Waals surface area contributed by atoms with Gasteiger partial charge in [-0.3, -0.25) is 4.79 Å². The molecule has 72 valence electrons. The Kier molecular flexibility index (Phi) is 2.54. The van der Waals surface area contributed by atoms with E-state index in [9.17, 15) is 9.59 Å². The average molecular weight is 208 g/mol. The fourth-order valence-electron chi connectivity index (χ4n) is 1.18. The van der Waals surface area contributed by atoms with Gasteiger partial charge < -0.3 is 4.74 Å². The number of cyclic esters (lactones) is 1. The molecule has 0 saturated heterocycles. The molecule has 0 saturated carbocycles. The van der Waals surface area contributed by atoms with Crippen molar-refractivity contribution in [2.75, 3.05) is 12.4 Å². The van der Waals surface area contributed by atoms with E-state index in [1.165, 1.54) is 11.8 Å². The summed E-state index contributed by atoms with van der Waals surface area (Å²) in [4.78, 5) is 23.3. The second-order valence-corrected chi connectivity index (χ2v) is 3.92. The third-order valence-electron chi connectivity index (χ3n) is 1.86. The van der Waals surface area contributed by atoms with E-state index in [2.05, 4.69) is 0 Å². The summed E-state index contributed by atoms with van der Waals surface area (Å²) in [6, 6.07) is 7.15. The summed E-state index contributed by atoms with van der Waals surface area (Å²) in [6.45, 7) is -0.111. The molecule has 0 fully saturated rings. The van der Waals surface area contributed by atoms with Crippen LogP contribution >= 0.6 is 11.8 Å². The van der Waals surface area contributed by atoms with Gasteiger partial charge in [0.15, 0.2) is 12.4 Å². The van der Waals surface area contributed by atoms with E-state index in [1.54, 1.807) is 12.1 Å². The minimum absolute atomic E-state index is 0.0575. The van der Waals surface area contributed by atoms with E-state index >= 15 is 0 Å². The van der Waals surface area contributed by atoms with Crippen LogP contribution in [0.15, 0.2) is 29.2 Å². The molecule has 0 radical (unpaired) electrons. The van der Waals surface area contributed by atoms with Crippen molar-refractivity contribution in [2.24, 2.45) is 0 Å². The maximum atomic E-state index is 11.4. The molecule has 14 heavy (non-hydrogen) atoms. The van der Waals surface area contributed by atoms with E-state index in [0.717, 1.165) is 4.90 Å². The van der Waals surface area contributed by atoms with Gasteiger partial charge >= 0.3 is 5.97 Å². The van der Waals surface area contributed by atoms with E-state index < -0.39 is 5.97 Å². The molecule has 1 aromatic carbocycles. The van der Waals surface area contributed by atoms with Gasteiger partial charge in [0.05, 0.1) is 11.3 Å². The molecule has 0 amide bonds. The van der Waals surface area contributed by atoms with Gasteiger partial charge in [-0.15, -0.1) is 11.8 Å². The maximum Gasteiger partial charge on any atom is 0.339 e. The quantitative estimate of drug-likeness (QED) is 0.606. The fourth-order valence-corrected chi connectivity index (χ4v) is 2.07. The van der Waals surface area contributed by atoms with Crippen LogP contribution in [0.25, 0.3) is 0 Å². The average Bonchev–Trinajstić information content (AvgIpc) is 2.21. The minimum Gasteiger partial charge on any atom is -0.454 e. The van der Waals surface area contributed by atoms with E-state index in [1.807, 2.05) is 12.1 Å². The summed E-state index contributed by atoms with van der Waals surface area (Å²) in [6.07, 6.45) is 0. The van der Waals surface area contributed by atoms with Crippen LogP contribution < -0.4 is 0 Å². The molecule has 0 N–H and O–H groups in total. The summed E-state index contributed by atoms with van der Waals surface area (Å²) < 4.78 is 4.82. The highest BCUT2D eigenvalue weighted by molar-refractivity contribution is 8.00. The van der Waals surface area contributed by atoms with Crippen molar-refractivity contribution >= 4 is 23.5 Å². The zero-order valence-corrected chi connectivity index (χ0v) is 8.17. The number of esters is 1. The van der Waals surface area contributed by atoms with Gasteiger partial charge in [-0.2, -0.15) is 0 Å². The number of carbonyl (C=O) groups excluding carboxylic acids is 2. The zero-order chi connectivity index (χ0) is 9.97. The van der Waals surface area contributed by atoms with Crippen LogP contribution in [0.3, 0.4) is 0 Å². The number of fused-ring (bicyclic) bond motifs is 1. The monoisotopic (exact) mass is 208 g/mol. The Morgan fingerprint density at radius 2 is 2.00 bits per heavy atom. The topological polar surface area (TPSA) is 43.4 Å². The second-order valence-electron chi connectivity index (χ2n) is 2.90. The third-order valence-corrected chi connectivity index (χ3v) is 2.99. The first-order valence-electron chi connectivity index (χ1n) is 4.18. The Balaban J connectivity index is 2.38. The predicted molar refractivity (Wildman–Crippen MR) is 52.5 cm³/mol. The van der Waals surface area contributed by atoms with Crippen LogP contribution in [0.1, 0.15) is 10.4 Å². The molecule has 1 heterocycles. The fraction of sp³-hybridized carbons (Fsp3) is 0.200. The van der Waals surface area contributed by atoms with Crippen molar-refractivity contribution in [3.8, 4) is 0 Å².